The summed E-state index contributed by atoms with van der Waals surface area (Å²) in [6, 6.07) is 0.612. The lowest BCUT2D eigenvalue weighted by atomic mass is 9.78. The van der Waals surface area contributed by atoms with Gasteiger partial charge >= 0.3 is 0 Å². The predicted molar refractivity (Wildman–Crippen MR) is 78.0 cm³/mol. The first-order valence-electron chi connectivity index (χ1n) is 7.87. The molecular weight excluding hydrogens is 238 g/mol. The van der Waals surface area contributed by atoms with Gasteiger partial charge in [-0.3, -0.25) is 9.69 Å². The van der Waals surface area contributed by atoms with Crippen molar-refractivity contribution in [1.82, 2.24) is 15.5 Å². The summed E-state index contributed by atoms with van der Waals surface area (Å²) in [7, 11) is 0. The normalized spacial score (nSPS) is 37.0. The Balaban J connectivity index is 2.04. The Labute approximate surface area is 117 Å². The van der Waals surface area contributed by atoms with Crippen molar-refractivity contribution in [3.8, 4) is 0 Å². The minimum atomic E-state index is 0.0227. The Bertz CT molecular complexity index is 308. The van der Waals surface area contributed by atoms with E-state index >= 15 is 0 Å². The van der Waals surface area contributed by atoms with E-state index in [4.69, 9.17) is 0 Å². The number of carbonyl (C=O) groups is 1. The molecule has 19 heavy (non-hydrogen) atoms. The third-order valence-corrected chi connectivity index (χ3v) is 4.75. The van der Waals surface area contributed by atoms with Crippen LogP contribution in [-0.4, -0.2) is 49.1 Å². The van der Waals surface area contributed by atoms with Gasteiger partial charge in [0, 0.05) is 32.2 Å². The van der Waals surface area contributed by atoms with Crippen molar-refractivity contribution < 1.29 is 4.79 Å². The summed E-state index contributed by atoms with van der Waals surface area (Å²) >= 11 is 0. The van der Waals surface area contributed by atoms with Crippen LogP contribution in [0.3, 0.4) is 0 Å². The summed E-state index contributed by atoms with van der Waals surface area (Å²) in [6.45, 7) is 10.2. The van der Waals surface area contributed by atoms with E-state index in [1.54, 1.807) is 0 Å². The van der Waals surface area contributed by atoms with E-state index in [2.05, 4.69) is 29.4 Å². The number of hydrogen-bond acceptors (Lipinski definition) is 3. The lowest BCUT2D eigenvalue weighted by Crippen LogP contribution is -2.62. The van der Waals surface area contributed by atoms with Crippen LogP contribution in [0.2, 0.25) is 0 Å². The third-order valence-electron chi connectivity index (χ3n) is 4.75. The van der Waals surface area contributed by atoms with Crippen LogP contribution in [-0.2, 0) is 4.79 Å². The fourth-order valence-electron chi connectivity index (χ4n) is 3.79. The number of likely N-dealkylation sites (N-methyl/N-ethyl adjacent to an activating group) is 1. The largest absolute Gasteiger partial charge is 0.355 e. The minimum Gasteiger partial charge on any atom is -0.355 e. The molecule has 1 saturated heterocycles. The molecule has 4 atom stereocenters. The molecule has 0 aromatic heterocycles. The van der Waals surface area contributed by atoms with Crippen molar-refractivity contribution in [3.05, 3.63) is 0 Å². The second kappa shape index (κ2) is 6.71. The molecular formula is C15H29N3O. The van der Waals surface area contributed by atoms with Crippen LogP contribution in [0.25, 0.3) is 0 Å². The van der Waals surface area contributed by atoms with Gasteiger partial charge in [0.1, 0.15) is 6.04 Å². The quantitative estimate of drug-likeness (QED) is 0.808. The SMILES string of the molecule is CCNC(=O)C1CNCCN1C1CCC(C)CC1C. The van der Waals surface area contributed by atoms with Gasteiger partial charge in [-0.05, 0) is 38.0 Å². The first kappa shape index (κ1) is 14.8. The van der Waals surface area contributed by atoms with E-state index in [9.17, 15) is 4.79 Å². The van der Waals surface area contributed by atoms with Crippen molar-refractivity contribution in [1.29, 1.82) is 0 Å². The Morgan fingerprint density at radius 2 is 2.16 bits per heavy atom. The highest BCUT2D eigenvalue weighted by atomic mass is 16.2. The summed E-state index contributed by atoms with van der Waals surface area (Å²) in [4.78, 5) is 14.7. The van der Waals surface area contributed by atoms with E-state index in [0.717, 1.165) is 32.1 Å². The Kier molecular flexibility index (Phi) is 5.22. The van der Waals surface area contributed by atoms with Crippen molar-refractivity contribution >= 4 is 5.91 Å². The fourth-order valence-corrected chi connectivity index (χ4v) is 3.79. The smallest absolute Gasteiger partial charge is 0.238 e. The van der Waals surface area contributed by atoms with Gasteiger partial charge in [-0.2, -0.15) is 0 Å². The van der Waals surface area contributed by atoms with Gasteiger partial charge in [0.25, 0.3) is 0 Å². The molecule has 0 spiro atoms. The molecule has 0 bridgehead atoms. The van der Waals surface area contributed by atoms with Gasteiger partial charge in [0.15, 0.2) is 0 Å². The average Bonchev–Trinajstić information content (AvgIpc) is 2.39. The average molecular weight is 267 g/mol. The van der Waals surface area contributed by atoms with Gasteiger partial charge in [-0.1, -0.05) is 13.8 Å². The molecule has 1 aliphatic carbocycles. The summed E-state index contributed by atoms with van der Waals surface area (Å²) < 4.78 is 0. The molecule has 1 amide bonds. The molecule has 2 aliphatic rings. The van der Waals surface area contributed by atoms with Crippen LogP contribution in [0.4, 0.5) is 0 Å². The van der Waals surface area contributed by atoms with Gasteiger partial charge < -0.3 is 10.6 Å². The zero-order valence-corrected chi connectivity index (χ0v) is 12.6. The zero-order chi connectivity index (χ0) is 13.8. The minimum absolute atomic E-state index is 0.0227. The van der Waals surface area contributed by atoms with Crippen LogP contribution in [0.15, 0.2) is 0 Å². The number of nitrogens with one attached hydrogen (secondary N) is 2. The van der Waals surface area contributed by atoms with Crippen LogP contribution in [0.5, 0.6) is 0 Å². The molecule has 0 aromatic carbocycles. The lowest BCUT2D eigenvalue weighted by molar-refractivity contribution is -0.129. The maximum atomic E-state index is 12.2. The Hall–Kier alpha value is -0.610. The number of amides is 1. The van der Waals surface area contributed by atoms with Gasteiger partial charge in [-0.25, -0.2) is 0 Å². The summed E-state index contributed by atoms with van der Waals surface area (Å²) in [6.07, 6.45) is 3.86. The van der Waals surface area contributed by atoms with E-state index in [1.807, 2.05) is 6.92 Å². The van der Waals surface area contributed by atoms with Crippen LogP contribution < -0.4 is 10.6 Å². The number of rotatable bonds is 3. The Morgan fingerprint density at radius 1 is 1.37 bits per heavy atom. The summed E-state index contributed by atoms with van der Waals surface area (Å²) in [5.74, 6) is 1.75. The van der Waals surface area contributed by atoms with Gasteiger partial charge in [0.2, 0.25) is 5.91 Å². The number of piperazine rings is 1. The summed E-state index contributed by atoms with van der Waals surface area (Å²) in [5.41, 5.74) is 0. The molecule has 110 valence electrons. The van der Waals surface area contributed by atoms with E-state index < -0.39 is 0 Å². The molecule has 4 heteroatoms. The maximum absolute atomic E-state index is 12.2. The number of hydrogen-bond donors (Lipinski definition) is 2. The molecule has 1 aliphatic heterocycles. The topological polar surface area (TPSA) is 44.4 Å². The van der Waals surface area contributed by atoms with E-state index in [-0.39, 0.29) is 11.9 Å². The molecule has 0 radical (unpaired) electrons. The monoisotopic (exact) mass is 267 g/mol. The van der Waals surface area contributed by atoms with E-state index in [1.165, 1.54) is 19.3 Å². The molecule has 2 N–H and O–H groups in total. The second-order valence-corrected chi connectivity index (χ2v) is 6.32. The first-order chi connectivity index (χ1) is 9.13. The second-order valence-electron chi connectivity index (χ2n) is 6.32. The molecule has 2 fully saturated rings. The predicted octanol–water partition coefficient (Wildman–Crippen LogP) is 1.22. The van der Waals surface area contributed by atoms with Crippen LogP contribution >= 0.6 is 0 Å². The number of carbonyl (C=O) groups excluding carboxylic acids is 1. The lowest BCUT2D eigenvalue weighted by Gasteiger charge is -2.46. The fraction of sp³-hybridized carbons (Fsp3) is 0.933. The standard InChI is InChI=1S/C15H29N3O/c1-4-17-15(19)14-10-16-7-8-18(14)13-6-5-11(2)9-12(13)3/h11-14,16H,4-10H2,1-3H3,(H,17,19). The third kappa shape index (κ3) is 3.48. The zero-order valence-electron chi connectivity index (χ0n) is 12.6. The van der Waals surface area contributed by atoms with Crippen molar-refractivity contribution in [2.75, 3.05) is 26.2 Å². The Morgan fingerprint density at radius 3 is 2.84 bits per heavy atom. The maximum Gasteiger partial charge on any atom is 0.238 e. The molecule has 2 rings (SSSR count). The highest BCUT2D eigenvalue weighted by Crippen LogP contribution is 2.33. The van der Waals surface area contributed by atoms with Crippen LogP contribution in [0.1, 0.15) is 40.0 Å². The van der Waals surface area contributed by atoms with Crippen molar-refractivity contribution in [2.45, 2.75) is 52.1 Å². The van der Waals surface area contributed by atoms with Gasteiger partial charge in [-0.15, -0.1) is 0 Å². The highest BCUT2D eigenvalue weighted by Gasteiger charge is 2.37. The first-order valence-corrected chi connectivity index (χ1v) is 7.87. The molecule has 1 saturated carbocycles. The molecule has 4 unspecified atom stereocenters. The highest BCUT2D eigenvalue weighted by molar-refractivity contribution is 5.82. The number of nitrogens with zero attached hydrogens (tertiary/aromatic N) is 1. The van der Waals surface area contributed by atoms with Crippen molar-refractivity contribution in [2.24, 2.45) is 11.8 Å². The summed E-state index contributed by atoms with van der Waals surface area (Å²) in [5, 5.41) is 6.35. The van der Waals surface area contributed by atoms with Crippen LogP contribution in [0, 0.1) is 11.8 Å². The van der Waals surface area contributed by atoms with Crippen molar-refractivity contribution in [3.63, 3.8) is 0 Å². The van der Waals surface area contributed by atoms with Gasteiger partial charge in [0.05, 0.1) is 0 Å². The van der Waals surface area contributed by atoms with E-state index in [0.29, 0.717) is 12.0 Å². The molecule has 1 heterocycles. The molecule has 0 aromatic rings. The molecule has 4 nitrogen and oxygen atoms in total.